The number of allylic oxidation sites excluding steroid dienone is 2. The molecule has 140 valence electrons. The third-order valence-corrected chi connectivity index (χ3v) is 5.76. The number of anilines is 1. The zero-order valence-electron chi connectivity index (χ0n) is 15.9. The summed E-state index contributed by atoms with van der Waals surface area (Å²) in [5.41, 5.74) is 5.50. The Morgan fingerprint density at radius 2 is 2.00 bits per heavy atom. The lowest BCUT2D eigenvalue weighted by Crippen LogP contribution is -2.33. The molecule has 0 saturated heterocycles. The average molecular weight is 362 g/mol. The van der Waals surface area contributed by atoms with Crippen LogP contribution in [0.5, 0.6) is 0 Å². The monoisotopic (exact) mass is 362 g/mol. The number of carbonyl (C=O) groups is 1. The molecule has 2 aliphatic rings. The van der Waals surface area contributed by atoms with Gasteiger partial charge in [-0.05, 0) is 42.0 Å². The van der Waals surface area contributed by atoms with E-state index < -0.39 is 0 Å². The summed E-state index contributed by atoms with van der Waals surface area (Å²) < 4.78 is 5.05. The van der Waals surface area contributed by atoms with Gasteiger partial charge in [-0.15, -0.1) is 0 Å². The maximum Gasteiger partial charge on any atom is 0.253 e. The molecule has 4 heteroatoms. The van der Waals surface area contributed by atoms with Crippen molar-refractivity contribution in [2.24, 2.45) is 5.92 Å². The van der Waals surface area contributed by atoms with Crippen LogP contribution in [-0.2, 0) is 4.74 Å². The van der Waals surface area contributed by atoms with E-state index in [1.165, 1.54) is 16.7 Å². The molecule has 27 heavy (non-hydrogen) atoms. The predicted molar refractivity (Wildman–Crippen MR) is 108 cm³/mol. The second kappa shape index (κ2) is 7.57. The molecule has 1 amide bonds. The van der Waals surface area contributed by atoms with Gasteiger partial charge in [-0.2, -0.15) is 0 Å². The summed E-state index contributed by atoms with van der Waals surface area (Å²) in [5.74, 6) is 0.767. The topological polar surface area (TPSA) is 50.4 Å². The number of nitrogens with one attached hydrogen (secondary N) is 2. The molecule has 0 saturated carbocycles. The molecule has 4 nitrogen and oxygen atoms in total. The minimum atomic E-state index is -0.0552. The van der Waals surface area contributed by atoms with Gasteiger partial charge in [0.1, 0.15) is 0 Å². The van der Waals surface area contributed by atoms with E-state index in [1.54, 1.807) is 7.11 Å². The lowest BCUT2D eigenvalue weighted by Gasteiger charge is -2.39. The maximum atomic E-state index is 12.8. The molecule has 0 bridgehead atoms. The van der Waals surface area contributed by atoms with Crippen molar-refractivity contribution < 1.29 is 9.53 Å². The van der Waals surface area contributed by atoms with E-state index in [0.717, 1.165) is 12.1 Å². The zero-order chi connectivity index (χ0) is 18.8. The lowest BCUT2D eigenvalue weighted by molar-refractivity contribution is 0.0937. The molecule has 0 fully saturated rings. The Morgan fingerprint density at radius 3 is 2.81 bits per heavy atom. The number of ether oxygens (including phenoxy) is 1. The summed E-state index contributed by atoms with van der Waals surface area (Å²) in [6.07, 6.45) is 5.64. The first kappa shape index (κ1) is 17.8. The maximum absolute atomic E-state index is 12.8. The fraction of sp³-hybridized carbons (Fsp3) is 0.348. The third-order valence-electron chi connectivity index (χ3n) is 5.76. The van der Waals surface area contributed by atoms with Gasteiger partial charge < -0.3 is 15.4 Å². The number of hydrogen-bond donors (Lipinski definition) is 2. The first-order chi connectivity index (χ1) is 13.2. The van der Waals surface area contributed by atoms with Crippen molar-refractivity contribution in [1.29, 1.82) is 0 Å². The Labute approximate surface area is 160 Å². The molecule has 1 aliphatic carbocycles. The number of rotatable bonds is 5. The highest BCUT2D eigenvalue weighted by atomic mass is 16.5. The number of carbonyl (C=O) groups excluding carboxylic acids is 1. The lowest BCUT2D eigenvalue weighted by atomic mass is 9.75. The van der Waals surface area contributed by atoms with Crippen LogP contribution >= 0.6 is 0 Å². The molecule has 2 N–H and O–H groups in total. The van der Waals surface area contributed by atoms with E-state index in [1.807, 2.05) is 12.1 Å². The van der Waals surface area contributed by atoms with Crippen LogP contribution in [0.3, 0.4) is 0 Å². The molecule has 2 aromatic carbocycles. The summed E-state index contributed by atoms with van der Waals surface area (Å²) in [6, 6.07) is 14.8. The van der Waals surface area contributed by atoms with Crippen LogP contribution in [-0.4, -0.2) is 26.2 Å². The van der Waals surface area contributed by atoms with Crippen LogP contribution in [0.2, 0.25) is 0 Å². The fourth-order valence-electron chi connectivity index (χ4n) is 4.42. The molecule has 3 unspecified atom stereocenters. The van der Waals surface area contributed by atoms with Crippen molar-refractivity contribution in [2.75, 3.05) is 25.6 Å². The molecule has 1 aliphatic heterocycles. The van der Waals surface area contributed by atoms with Crippen molar-refractivity contribution >= 4 is 11.6 Å². The van der Waals surface area contributed by atoms with Crippen molar-refractivity contribution in [3.63, 3.8) is 0 Å². The van der Waals surface area contributed by atoms with Crippen molar-refractivity contribution in [3.8, 4) is 0 Å². The highest BCUT2D eigenvalue weighted by Crippen LogP contribution is 2.51. The fourth-order valence-corrected chi connectivity index (χ4v) is 4.42. The zero-order valence-corrected chi connectivity index (χ0v) is 15.9. The van der Waals surface area contributed by atoms with Crippen molar-refractivity contribution in [3.05, 3.63) is 76.9 Å². The third kappa shape index (κ3) is 3.26. The van der Waals surface area contributed by atoms with Gasteiger partial charge in [-0.25, -0.2) is 0 Å². The minimum Gasteiger partial charge on any atom is -0.383 e. The van der Waals surface area contributed by atoms with E-state index in [4.69, 9.17) is 4.74 Å². The molecular weight excluding hydrogens is 336 g/mol. The van der Waals surface area contributed by atoms with Gasteiger partial charge in [0, 0.05) is 19.6 Å². The second-order valence-corrected chi connectivity index (χ2v) is 7.35. The molecule has 0 spiro atoms. The summed E-state index contributed by atoms with van der Waals surface area (Å²) in [5, 5.41) is 6.69. The number of fused-ring (bicyclic) bond motifs is 3. The Bertz CT molecular complexity index is 874. The van der Waals surface area contributed by atoms with E-state index in [9.17, 15) is 4.79 Å². The predicted octanol–water partition coefficient (Wildman–Crippen LogP) is 4.20. The van der Waals surface area contributed by atoms with E-state index in [2.05, 4.69) is 60.0 Å². The second-order valence-electron chi connectivity index (χ2n) is 7.35. The van der Waals surface area contributed by atoms with Crippen molar-refractivity contribution in [2.45, 2.75) is 25.3 Å². The van der Waals surface area contributed by atoms with E-state index in [-0.39, 0.29) is 11.9 Å². The van der Waals surface area contributed by atoms with Gasteiger partial charge in [-0.3, -0.25) is 4.79 Å². The number of para-hydroxylation sites is 1. The SMILES string of the molecule is COCCNC(=O)c1cccc2c1NC(c1ccccc1C)C1CC=CC21. The summed E-state index contributed by atoms with van der Waals surface area (Å²) in [7, 11) is 1.64. The minimum absolute atomic E-state index is 0.0552. The average Bonchev–Trinajstić information content (AvgIpc) is 3.18. The number of hydrogen-bond acceptors (Lipinski definition) is 3. The van der Waals surface area contributed by atoms with Crippen LogP contribution in [0, 0.1) is 12.8 Å². The normalized spacial score (nSPS) is 22.7. The summed E-state index contributed by atoms with van der Waals surface area (Å²) in [6.45, 7) is 3.17. The number of methoxy groups -OCH3 is 1. The summed E-state index contributed by atoms with van der Waals surface area (Å²) >= 11 is 0. The van der Waals surface area contributed by atoms with Crippen molar-refractivity contribution in [1.82, 2.24) is 5.32 Å². The molecule has 0 radical (unpaired) electrons. The first-order valence-electron chi connectivity index (χ1n) is 9.59. The molecule has 2 aromatic rings. The first-order valence-corrected chi connectivity index (χ1v) is 9.59. The Hall–Kier alpha value is -2.59. The van der Waals surface area contributed by atoms with Crippen LogP contribution in [0.1, 0.15) is 45.4 Å². The highest BCUT2D eigenvalue weighted by molar-refractivity contribution is 6.00. The van der Waals surface area contributed by atoms with Crippen LogP contribution in [0.15, 0.2) is 54.6 Å². The van der Waals surface area contributed by atoms with E-state index in [0.29, 0.717) is 30.6 Å². The number of amides is 1. The molecule has 4 rings (SSSR count). The number of benzene rings is 2. The Kier molecular flexibility index (Phi) is 4.99. The largest absolute Gasteiger partial charge is 0.383 e. The van der Waals surface area contributed by atoms with Gasteiger partial charge in [-0.1, -0.05) is 48.6 Å². The van der Waals surface area contributed by atoms with Crippen LogP contribution < -0.4 is 10.6 Å². The van der Waals surface area contributed by atoms with Gasteiger partial charge >= 0.3 is 0 Å². The van der Waals surface area contributed by atoms with E-state index >= 15 is 0 Å². The van der Waals surface area contributed by atoms with Gasteiger partial charge in [0.2, 0.25) is 0 Å². The highest BCUT2D eigenvalue weighted by Gasteiger charge is 2.39. The van der Waals surface area contributed by atoms with Gasteiger partial charge in [0.25, 0.3) is 5.91 Å². The van der Waals surface area contributed by atoms with Gasteiger partial charge in [0.05, 0.1) is 23.9 Å². The molecule has 0 aromatic heterocycles. The number of aryl methyl sites for hydroxylation is 1. The Morgan fingerprint density at radius 1 is 1.19 bits per heavy atom. The van der Waals surface area contributed by atoms with Crippen LogP contribution in [0.25, 0.3) is 0 Å². The Balaban J connectivity index is 1.72. The summed E-state index contributed by atoms with van der Waals surface area (Å²) in [4.78, 5) is 12.8. The quantitative estimate of drug-likeness (QED) is 0.619. The standard InChI is InChI=1S/C23H26N2O2/c1-15-7-3-4-8-16(15)21-18-10-5-9-17(18)19-11-6-12-20(22(19)25-21)23(26)24-13-14-27-2/h3-9,11-12,17-18,21,25H,10,13-14H2,1-2H3,(H,24,26). The molecular formula is C23H26N2O2. The van der Waals surface area contributed by atoms with Crippen LogP contribution in [0.4, 0.5) is 5.69 Å². The molecule has 1 heterocycles. The van der Waals surface area contributed by atoms with Gasteiger partial charge in [0.15, 0.2) is 0 Å². The molecule has 3 atom stereocenters. The smallest absolute Gasteiger partial charge is 0.253 e.